The Morgan fingerprint density at radius 3 is 2.24 bits per heavy atom. The van der Waals surface area contributed by atoms with Crippen LogP contribution < -0.4 is 5.32 Å². The Hall–Kier alpha value is -0.170. The van der Waals surface area contributed by atoms with Gasteiger partial charge in [-0.1, -0.05) is 13.8 Å². The average Bonchev–Trinajstić information content (AvgIpc) is 2.26. The molecule has 0 saturated carbocycles. The van der Waals surface area contributed by atoms with E-state index < -0.39 is 10.2 Å². The fourth-order valence-electron chi connectivity index (χ4n) is 1.98. The summed E-state index contributed by atoms with van der Waals surface area (Å²) in [6.07, 6.45) is 1.90. The molecule has 0 aromatic rings. The monoisotopic (exact) mass is 263 g/mol. The van der Waals surface area contributed by atoms with Crippen molar-refractivity contribution in [1.29, 1.82) is 0 Å². The highest BCUT2D eigenvalue weighted by Gasteiger charge is 2.29. The molecule has 1 N–H and O–H groups in total. The van der Waals surface area contributed by atoms with Gasteiger partial charge in [-0.25, -0.2) is 0 Å². The fraction of sp³-hybridized carbons (Fsp3) is 1.00. The van der Waals surface area contributed by atoms with Gasteiger partial charge in [-0.3, -0.25) is 0 Å². The van der Waals surface area contributed by atoms with E-state index in [0.717, 1.165) is 19.4 Å². The van der Waals surface area contributed by atoms with Crippen molar-refractivity contribution in [2.45, 2.75) is 32.7 Å². The smallest absolute Gasteiger partial charge is 0.281 e. The van der Waals surface area contributed by atoms with Crippen molar-refractivity contribution in [3.05, 3.63) is 0 Å². The van der Waals surface area contributed by atoms with Crippen molar-refractivity contribution in [3.63, 3.8) is 0 Å². The molecule has 1 heterocycles. The van der Waals surface area contributed by atoms with Crippen molar-refractivity contribution in [2.24, 2.45) is 5.92 Å². The highest BCUT2D eigenvalue weighted by Crippen LogP contribution is 2.19. The molecule has 0 bridgehead atoms. The summed E-state index contributed by atoms with van der Waals surface area (Å²) in [5.74, 6) is 0.603. The quantitative estimate of drug-likeness (QED) is 0.786. The van der Waals surface area contributed by atoms with Crippen LogP contribution in [-0.2, 0) is 10.2 Å². The van der Waals surface area contributed by atoms with E-state index in [1.165, 1.54) is 4.31 Å². The molecule has 1 rings (SSSR count). The summed E-state index contributed by atoms with van der Waals surface area (Å²) in [5.41, 5.74) is 0. The zero-order valence-electron chi connectivity index (χ0n) is 11.3. The second-order valence-electron chi connectivity index (χ2n) is 5.20. The first-order valence-corrected chi connectivity index (χ1v) is 7.64. The molecule has 6 heteroatoms. The van der Waals surface area contributed by atoms with E-state index in [1.807, 2.05) is 0 Å². The molecule has 1 saturated heterocycles. The SMILES string of the molecule is CC(C)NCC1CCN(S(=O)(=O)N(C)C)CC1. The van der Waals surface area contributed by atoms with E-state index >= 15 is 0 Å². The Morgan fingerprint density at radius 2 is 1.82 bits per heavy atom. The van der Waals surface area contributed by atoms with Crippen molar-refractivity contribution in [2.75, 3.05) is 33.7 Å². The predicted molar refractivity (Wildman–Crippen MR) is 70.0 cm³/mol. The maximum atomic E-state index is 11.9. The highest BCUT2D eigenvalue weighted by atomic mass is 32.2. The number of nitrogens with zero attached hydrogens (tertiary/aromatic N) is 2. The Kier molecular flexibility index (Phi) is 5.37. The van der Waals surface area contributed by atoms with Crippen LogP contribution in [0, 0.1) is 5.92 Å². The molecular weight excluding hydrogens is 238 g/mol. The summed E-state index contributed by atoms with van der Waals surface area (Å²) in [5, 5.41) is 3.41. The summed E-state index contributed by atoms with van der Waals surface area (Å²) < 4.78 is 26.7. The molecule has 0 unspecified atom stereocenters. The third-order valence-corrected chi connectivity index (χ3v) is 5.12. The van der Waals surface area contributed by atoms with Crippen molar-refractivity contribution < 1.29 is 8.42 Å². The predicted octanol–water partition coefficient (Wildman–Crippen LogP) is 0.503. The van der Waals surface area contributed by atoms with Crippen LogP contribution in [0.5, 0.6) is 0 Å². The second kappa shape index (κ2) is 6.13. The maximum absolute atomic E-state index is 11.9. The molecule has 0 radical (unpaired) electrons. The second-order valence-corrected chi connectivity index (χ2v) is 7.34. The third-order valence-electron chi connectivity index (χ3n) is 3.18. The van der Waals surface area contributed by atoms with Crippen LogP contribution >= 0.6 is 0 Å². The van der Waals surface area contributed by atoms with Gasteiger partial charge in [-0.05, 0) is 25.3 Å². The van der Waals surface area contributed by atoms with E-state index in [-0.39, 0.29) is 0 Å². The van der Waals surface area contributed by atoms with Crippen LogP contribution in [-0.4, -0.2) is 56.8 Å². The fourth-order valence-corrected chi connectivity index (χ4v) is 3.11. The van der Waals surface area contributed by atoms with Crippen LogP contribution in [0.3, 0.4) is 0 Å². The Balaban J connectivity index is 2.41. The molecule has 1 aliphatic rings. The van der Waals surface area contributed by atoms with Crippen LogP contribution in [0.25, 0.3) is 0 Å². The summed E-state index contributed by atoms with van der Waals surface area (Å²) in [4.78, 5) is 0. The van der Waals surface area contributed by atoms with Crippen molar-refractivity contribution in [3.8, 4) is 0 Å². The van der Waals surface area contributed by atoms with Gasteiger partial charge in [-0.15, -0.1) is 0 Å². The minimum atomic E-state index is -3.21. The molecule has 0 aromatic carbocycles. The molecule has 0 aliphatic carbocycles. The largest absolute Gasteiger partial charge is 0.314 e. The van der Waals surface area contributed by atoms with Gasteiger partial charge >= 0.3 is 0 Å². The van der Waals surface area contributed by atoms with E-state index in [2.05, 4.69) is 19.2 Å². The number of piperidine rings is 1. The lowest BCUT2D eigenvalue weighted by atomic mass is 9.98. The molecular formula is C11H25N3O2S. The number of hydrogen-bond donors (Lipinski definition) is 1. The van der Waals surface area contributed by atoms with Crippen molar-refractivity contribution >= 4 is 10.2 Å². The maximum Gasteiger partial charge on any atom is 0.281 e. The van der Waals surface area contributed by atoms with Crippen LogP contribution in [0.15, 0.2) is 0 Å². The minimum absolute atomic E-state index is 0.499. The third kappa shape index (κ3) is 4.21. The molecule has 1 aliphatic heterocycles. The molecule has 102 valence electrons. The van der Waals surface area contributed by atoms with Gasteiger partial charge in [0.2, 0.25) is 0 Å². The van der Waals surface area contributed by atoms with E-state index in [4.69, 9.17) is 0 Å². The first-order valence-electron chi connectivity index (χ1n) is 6.25. The minimum Gasteiger partial charge on any atom is -0.314 e. The molecule has 17 heavy (non-hydrogen) atoms. The standard InChI is InChI=1S/C11H25N3O2S/c1-10(2)12-9-11-5-7-14(8-6-11)17(15,16)13(3)4/h10-12H,5-9H2,1-4H3. The lowest BCUT2D eigenvalue weighted by molar-refractivity contribution is 0.254. The van der Waals surface area contributed by atoms with Crippen molar-refractivity contribution in [1.82, 2.24) is 13.9 Å². The van der Waals surface area contributed by atoms with E-state index in [0.29, 0.717) is 25.0 Å². The topological polar surface area (TPSA) is 52.7 Å². The van der Waals surface area contributed by atoms with Gasteiger partial charge < -0.3 is 5.32 Å². The Bertz CT molecular complexity index is 320. The molecule has 0 amide bonds. The van der Waals surface area contributed by atoms with Crippen LogP contribution in [0.1, 0.15) is 26.7 Å². The zero-order valence-corrected chi connectivity index (χ0v) is 12.1. The number of nitrogens with one attached hydrogen (secondary N) is 1. The van der Waals surface area contributed by atoms with Crippen LogP contribution in [0.2, 0.25) is 0 Å². The Morgan fingerprint density at radius 1 is 1.29 bits per heavy atom. The van der Waals surface area contributed by atoms with Gasteiger partial charge in [-0.2, -0.15) is 17.0 Å². The molecule has 0 aromatic heterocycles. The zero-order chi connectivity index (χ0) is 13.1. The first-order chi connectivity index (χ1) is 7.84. The summed E-state index contributed by atoms with van der Waals surface area (Å²) in [6.45, 7) is 6.54. The molecule has 5 nitrogen and oxygen atoms in total. The van der Waals surface area contributed by atoms with Gasteiger partial charge in [0, 0.05) is 33.2 Å². The van der Waals surface area contributed by atoms with Gasteiger partial charge in [0.25, 0.3) is 10.2 Å². The van der Waals surface area contributed by atoms with Crippen LogP contribution in [0.4, 0.5) is 0 Å². The number of rotatable bonds is 5. The molecule has 1 fully saturated rings. The lowest BCUT2D eigenvalue weighted by Gasteiger charge is -2.33. The lowest BCUT2D eigenvalue weighted by Crippen LogP contribution is -2.45. The van der Waals surface area contributed by atoms with Gasteiger partial charge in [0.1, 0.15) is 0 Å². The van der Waals surface area contributed by atoms with Gasteiger partial charge in [0.15, 0.2) is 0 Å². The highest BCUT2D eigenvalue weighted by molar-refractivity contribution is 7.86. The number of hydrogen-bond acceptors (Lipinski definition) is 3. The summed E-state index contributed by atoms with van der Waals surface area (Å²) >= 11 is 0. The van der Waals surface area contributed by atoms with E-state index in [9.17, 15) is 8.42 Å². The summed E-state index contributed by atoms with van der Waals surface area (Å²) in [7, 11) is -0.0383. The summed E-state index contributed by atoms with van der Waals surface area (Å²) in [6, 6.07) is 0.499. The average molecular weight is 263 g/mol. The molecule has 0 spiro atoms. The first kappa shape index (κ1) is 14.9. The van der Waals surface area contributed by atoms with E-state index in [1.54, 1.807) is 18.4 Å². The molecule has 0 atom stereocenters. The Labute approximate surface area is 105 Å². The van der Waals surface area contributed by atoms with Gasteiger partial charge in [0.05, 0.1) is 0 Å². The normalized spacial score (nSPS) is 20.4.